The number of thioether (sulfide) groups is 1. The van der Waals surface area contributed by atoms with Gasteiger partial charge in [0.1, 0.15) is 10.0 Å². The summed E-state index contributed by atoms with van der Waals surface area (Å²) in [5.41, 5.74) is 3.20. The van der Waals surface area contributed by atoms with Crippen molar-refractivity contribution in [1.29, 1.82) is 0 Å². The highest BCUT2D eigenvalue weighted by Gasteiger charge is 2.28. The number of nitrogens with one attached hydrogen (secondary N) is 1. The van der Waals surface area contributed by atoms with Gasteiger partial charge in [0.15, 0.2) is 0 Å². The molecule has 5 rings (SSSR count). The Balaban J connectivity index is 1.33. The average molecular weight is 542 g/mol. The normalized spacial score (nSPS) is 13.1. The monoisotopic (exact) mass is 541 g/mol. The minimum Gasteiger partial charge on any atom is -0.337 e. The molecular weight excluding hydrogens is 518 g/mol. The van der Waals surface area contributed by atoms with Gasteiger partial charge in [-0.2, -0.15) is 0 Å². The van der Waals surface area contributed by atoms with Crippen LogP contribution < -0.4 is 5.32 Å². The molecule has 1 aliphatic rings. The van der Waals surface area contributed by atoms with Gasteiger partial charge in [-0.05, 0) is 60.6 Å². The number of rotatable bonds is 7. The summed E-state index contributed by atoms with van der Waals surface area (Å²) >= 11 is 10.9. The van der Waals surface area contributed by atoms with E-state index >= 15 is 0 Å². The molecule has 3 heterocycles. The van der Waals surface area contributed by atoms with Crippen molar-refractivity contribution in [2.24, 2.45) is 0 Å². The summed E-state index contributed by atoms with van der Waals surface area (Å²) in [6, 6.07) is 15.9. The van der Waals surface area contributed by atoms with Crippen LogP contribution in [0.3, 0.4) is 0 Å². The smallest absolute Gasteiger partial charge is 0.225 e. The van der Waals surface area contributed by atoms with Crippen LogP contribution in [0.25, 0.3) is 20.8 Å². The number of halogens is 1. The molecule has 35 heavy (non-hydrogen) atoms. The first-order valence-electron chi connectivity index (χ1n) is 11.4. The number of hydrogen-bond acceptors (Lipinski definition) is 6. The minimum absolute atomic E-state index is 0.00564. The highest BCUT2D eigenvalue weighted by atomic mass is 35.5. The number of thiophene rings is 1. The molecular formula is C26H24ClN3O2S3. The highest BCUT2D eigenvalue weighted by Crippen LogP contribution is 2.45. The first kappa shape index (κ1) is 24.3. The predicted octanol–water partition coefficient (Wildman–Crippen LogP) is 7.09. The van der Waals surface area contributed by atoms with Crippen LogP contribution in [-0.4, -0.2) is 34.0 Å². The van der Waals surface area contributed by atoms with Crippen molar-refractivity contribution in [2.45, 2.75) is 37.6 Å². The molecule has 1 N–H and O–H groups in total. The molecule has 0 unspecified atom stereocenters. The van der Waals surface area contributed by atoms with E-state index in [1.165, 1.54) is 5.56 Å². The molecule has 0 radical (unpaired) electrons. The second-order valence-corrected chi connectivity index (χ2v) is 12.1. The number of carbonyl (C=O) groups excluding carboxylic acids is 2. The van der Waals surface area contributed by atoms with Gasteiger partial charge in [-0.15, -0.1) is 34.4 Å². The van der Waals surface area contributed by atoms with Crippen molar-refractivity contribution in [3.63, 3.8) is 0 Å². The molecule has 2 aromatic heterocycles. The fraction of sp³-hybridized carbons (Fsp3) is 0.269. The summed E-state index contributed by atoms with van der Waals surface area (Å²) in [5.74, 6) is 0.939. The summed E-state index contributed by atoms with van der Waals surface area (Å²) < 4.78 is 1.13. The van der Waals surface area contributed by atoms with Crippen LogP contribution in [-0.2, 0) is 22.6 Å². The van der Waals surface area contributed by atoms with Gasteiger partial charge in [-0.25, -0.2) is 4.98 Å². The average Bonchev–Trinajstić information content (AvgIpc) is 3.42. The Bertz CT molecular complexity index is 1350. The third-order valence-corrected chi connectivity index (χ3v) is 9.43. The van der Waals surface area contributed by atoms with E-state index in [9.17, 15) is 9.59 Å². The molecule has 0 spiro atoms. The zero-order valence-corrected chi connectivity index (χ0v) is 22.4. The first-order chi connectivity index (χ1) is 17.0. The lowest BCUT2D eigenvalue weighted by Crippen LogP contribution is -2.33. The Kier molecular flexibility index (Phi) is 7.43. The summed E-state index contributed by atoms with van der Waals surface area (Å²) in [7, 11) is 0. The molecule has 0 bridgehead atoms. The SMILES string of the molecule is CC(=O)N1CCc2c(sc(NC(=O)CCCSc3ccc(Cl)cc3)c2-c2nc3ccccc3s2)C1. The lowest BCUT2D eigenvalue weighted by molar-refractivity contribution is -0.129. The molecule has 5 nitrogen and oxygen atoms in total. The number of thiazole rings is 1. The summed E-state index contributed by atoms with van der Waals surface area (Å²) in [5, 5.41) is 5.67. The van der Waals surface area contributed by atoms with Crippen LogP contribution in [0.5, 0.6) is 0 Å². The molecule has 9 heteroatoms. The zero-order chi connectivity index (χ0) is 24.4. The summed E-state index contributed by atoms with van der Waals surface area (Å²) in [6.45, 7) is 2.88. The Labute approximate surface area is 221 Å². The van der Waals surface area contributed by atoms with E-state index in [0.717, 1.165) is 59.2 Å². The Morgan fingerprint density at radius 1 is 1.14 bits per heavy atom. The third kappa shape index (κ3) is 5.56. The summed E-state index contributed by atoms with van der Waals surface area (Å²) in [4.78, 5) is 33.9. The minimum atomic E-state index is 0.00564. The number of anilines is 1. The van der Waals surface area contributed by atoms with Crippen LogP contribution in [0.2, 0.25) is 5.02 Å². The van der Waals surface area contributed by atoms with Gasteiger partial charge in [-0.1, -0.05) is 23.7 Å². The third-order valence-electron chi connectivity index (χ3n) is 5.89. The number of hydrogen-bond donors (Lipinski definition) is 1. The number of benzene rings is 2. The van der Waals surface area contributed by atoms with Crippen LogP contribution in [0, 0.1) is 0 Å². The van der Waals surface area contributed by atoms with Crippen molar-refractivity contribution in [3.8, 4) is 10.6 Å². The maximum Gasteiger partial charge on any atom is 0.225 e. The fourth-order valence-corrected chi connectivity index (χ4v) is 7.48. The molecule has 0 atom stereocenters. The van der Waals surface area contributed by atoms with E-state index in [-0.39, 0.29) is 11.8 Å². The topological polar surface area (TPSA) is 62.3 Å². The second kappa shape index (κ2) is 10.7. The molecule has 180 valence electrons. The molecule has 0 saturated carbocycles. The van der Waals surface area contributed by atoms with Gasteiger partial charge in [0, 0.05) is 40.2 Å². The quantitative estimate of drug-likeness (QED) is 0.200. The van der Waals surface area contributed by atoms with E-state index < -0.39 is 0 Å². The van der Waals surface area contributed by atoms with Crippen LogP contribution in [0.15, 0.2) is 53.4 Å². The largest absolute Gasteiger partial charge is 0.337 e. The van der Waals surface area contributed by atoms with Crippen LogP contribution >= 0.6 is 46.0 Å². The number of para-hydroxylation sites is 1. The molecule has 4 aromatic rings. The van der Waals surface area contributed by atoms with Crippen LogP contribution in [0.1, 0.15) is 30.2 Å². The van der Waals surface area contributed by atoms with Gasteiger partial charge in [0.05, 0.1) is 16.8 Å². The van der Waals surface area contributed by atoms with Crippen molar-refractivity contribution >= 4 is 73.1 Å². The van der Waals surface area contributed by atoms with Gasteiger partial charge in [0.25, 0.3) is 0 Å². The Hall–Kier alpha value is -2.39. The van der Waals surface area contributed by atoms with E-state index in [1.54, 1.807) is 41.4 Å². The standard InChI is InChI=1S/C26H24ClN3O2S3/c1-16(31)30-13-12-19-22(15-30)35-26(24(19)25-28-20-5-2-3-6-21(20)34-25)29-23(32)7-4-14-33-18-10-8-17(27)9-11-18/h2-3,5-6,8-11H,4,7,12-15H2,1H3,(H,29,32). The number of nitrogens with zero attached hydrogens (tertiary/aromatic N) is 2. The maximum atomic E-state index is 12.9. The molecule has 2 amide bonds. The molecule has 0 saturated heterocycles. The predicted molar refractivity (Wildman–Crippen MR) is 148 cm³/mol. The van der Waals surface area contributed by atoms with Crippen molar-refractivity contribution in [1.82, 2.24) is 9.88 Å². The lowest BCUT2D eigenvalue weighted by atomic mass is 10.0. The van der Waals surface area contributed by atoms with Crippen molar-refractivity contribution < 1.29 is 9.59 Å². The Morgan fingerprint density at radius 3 is 2.71 bits per heavy atom. The summed E-state index contributed by atoms with van der Waals surface area (Å²) in [6.07, 6.45) is 1.99. The van der Waals surface area contributed by atoms with E-state index in [1.807, 2.05) is 47.4 Å². The number of amides is 2. The maximum absolute atomic E-state index is 12.9. The van der Waals surface area contributed by atoms with E-state index in [4.69, 9.17) is 16.6 Å². The number of fused-ring (bicyclic) bond motifs is 2. The van der Waals surface area contributed by atoms with Gasteiger partial charge in [0.2, 0.25) is 11.8 Å². The van der Waals surface area contributed by atoms with Crippen molar-refractivity contribution in [3.05, 3.63) is 64.0 Å². The van der Waals surface area contributed by atoms with Crippen LogP contribution in [0.4, 0.5) is 5.00 Å². The first-order valence-corrected chi connectivity index (χ1v) is 14.4. The van der Waals surface area contributed by atoms with Gasteiger partial charge < -0.3 is 10.2 Å². The molecule has 0 fully saturated rings. The molecule has 0 aliphatic carbocycles. The lowest BCUT2D eigenvalue weighted by Gasteiger charge is -2.26. The number of aromatic nitrogens is 1. The Morgan fingerprint density at radius 2 is 1.94 bits per heavy atom. The molecule has 2 aromatic carbocycles. The van der Waals surface area contributed by atoms with E-state index in [2.05, 4.69) is 11.4 Å². The highest BCUT2D eigenvalue weighted by molar-refractivity contribution is 7.99. The zero-order valence-electron chi connectivity index (χ0n) is 19.2. The number of carbonyl (C=O) groups is 2. The molecule has 1 aliphatic heterocycles. The van der Waals surface area contributed by atoms with Gasteiger partial charge in [-0.3, -0.25) is 9.59 Å². The van der Waals surface area contributed by atoms with E-state index in [0.29, 0.717) is 19.5 Å². The van der Waals surface area contributed by atoms with Gasteiger partial charge >= 0.3 is 0 Å². The fourth-order valence-electron chi connectivity index (χ4n) is 4.11. The van der Waals surface area contributed by atoms with Crippen molar-refractivity contribution in [2.75, 3.05) is 17.6 Å². The second-order valence-electron chi connectivity index (χ2n) is 8.34.